The molecule has 0 aliphatic carbocycles. The van der Waals surface area contributed by atoms with Crippen molar-refractivity contribution in [3.63, 3.8) is 0 Å². The minimum absolute atomic E-state index is 0.0277. The third-order valence-electron chi connectivity index (χ3n) is 9.93. The van der Waals surface area contributed by atoms with E-state index < -0.39 is 12.1 Å². The van der Waals surface area contributed by atoms with E-state index in [9.17, 15) is 19.8 Å². The standard InChI is InChI=1S/C46H85NO5/c1-3-5-7-9-11-13-14-16-20-24-28-32-36-40-46(51)52-41-37-33-29-25-21-18-15-17-19-23-27-31-35-39-45(50)47-43(42-48)44(49)38-34-30-26-22-12-10-8-6-4-2/h13-14,17,19,27,31,43-44,48-49H,3-12,15-16,18,20-26,28-30,32-42H2,1-2H3,(H,47,50)/b14-13-,19-17-,31-27-. The fraction of sp³-hybridized carbons (Fsp3) is 0.826. The SMILES string of the molecule is CCCCCC/C=C\CCCCCCCC(=O)OCCCCCCCC/C=C\C/C=C\CCC(=O)NC(CO)C(O)CCCCCCCCCCC. The van der Waals surface area contributed by atoms with E-state index in [4.69, 9.17) is 4.74 Å². The lowest BCUT2D eigenvalue weighted by molar-refractivity contribution is -0.143. The van der Waals surface area contributed by atoms with Gasteiger partial charge >= 0.3 is 5.97 Å². The van der Waals surface area contributed by atoms with Gasteiger partial charge in [-0.15, -0.1) is 0 Å². The molecule has 0 saturated carbocycles. The minimum atomic E-state index is -0.696. The highest BCUT2D eigenvalue weighted by atomic mass is 16.5. The van der Waals surface area contributed by atoms with Crippen LogP contribution >= 0.6 is 0 Å². The molecule has 6 heteroatoms. The Kier molecular flexibility index (Phi) is 40.3. The number of esters is 1. The van der Waals surface area contributed by atoms with Gasteiger partial charge < -0.3 is 20.3 Å². The van der Waals surface area contributed by atoms with Crippen LogP contribution in [-0.4, -0.2) is 47.4 Å². The molecule has 0 aromatic rings. The van der Waals surface area contributed by atoms with Gasteiger partial charge in [-0.25, -0.2) is 0 Å². The summed E-state index contributed by atoms with van der Waals surface area (Å²) in [5.74, 6) is -0.148. The number of ether oxygens (including phenoxy) is 1. The van der Waals surface area contributed by atoms with Crippen LogP contribution in [0.4, 0.5) is 0 Å². The molecule has 0 spiro atoms. The second-order valence-electron chi connectivity index (χ2n) is 15.0. The van der Waals surface area contributed by atoms with Crippen LogP contribution in [0.2, 0.25) is 0 Å². The molecule has 0 radical (unpaired) electrons. The number of aliphatic hydroxyl groups excluding tert-OH is 2. The van der Waals surface area contributed by atoms with E-state index in [-0.39, 0.29) is 18.5 Å². The number of hydrogen-bond acceptors (Lipinski definition) is 5. The molecule has 0 fully saturated rings. The zero-order valence-electron chi connectivity index (χ0n) is 34.3. The molecule has 1 amide bonds. The molecule has 0 heterocycles. The van der Waals surface area contributed by atoms with E-state index in [0.29, 0.717) is 32.3 Å². The Morgan fingerprint density at radius 3 is 1.54 bits per heavy atom. The molecular formula is C46H85NO5. The average molecular weight is 732 g/mol. The van der Waals surface area contributed by atoms with Crippen LogP contribution < -0.4 is 5.32 Å². The number of unbranched alkanes of at least 4 members (excludes halogenated alkanes) is 23. The van der Waals surface area contributed by atoms with Gasteiger partial charge in [-0.2, -0.15) is 0 Å². The van der Waals surface area contributed by atoms with Crippen molar-refractivity contribution >= 4 is 11.9 Å². The van der Waals surface area contributed by atoms with E-state index in [0.717, 1.165) is 51.4 Å². The van der Waals surface area contributed by atoms with Crippen molar-refractivity contribution in [3.8, 4) is 0 Å². The van der Waals surface area contributed by atoms with Gasteiger partial charge in [-0.1, -0.05) is 172 Å². The van der Waals surface area contributed by atoms with Gasteiger partial charge in [0.15, 0.2) is 0 Å². The summed E-state index contributed by atoms with van der Waals surface area (Å²) in [6, 6.07) is -0.583. The fourth-order valence-corrected chi connectivity index (χ4v) is 6.44. The van der Waals surface area contributed by atoms with Gasteiger partial charge in [-0.3, -0.25) is 9.59 Å². The first-order valence-corrected chi connectivity index (χ1v) is 22.2. The number of carbonyl (C=O) groups excluding carboxylic acids is 2. The van der Waals surface area contributed by atoms with Crippen LogP contribution in [0.25, 0.3) is 0 Å². The first-order valence-electron chi connectivity index (χ1n) is 22.2. The molecule has 0 aromatic carbocycles. The molecule has 304 valence electrons. The van der Waals surface area contributed by atoms with E-state index in [1.807, 2.05) is 6.08 Å². The average Bonchev–Trinajstić information content (AvgIpc) is 3.14. The van der Waals surface area contributed by atoms with Crippen LogP contribution in [-0.2, 0) is 14.3 Å². The predicted molar refractivity (Wildman–Crippen MR) is 222 cm³/mol. The number of amides is 1. The third-order valence-corrected chi connectivity index (χ3v) is 9.93. The maximum Gasteiger partial charge on any atom is 0.305 e. The molecule has 2 atom stereocenters. The van der Waals surface area contributed by atoms with Gasteiger partial charge in [-0.05, 0) is 70.6 Å². The molecule has 3 N–H and O–H groups in total. The van der Waals surface area contributed by atoms with E-state index in [2.05, 4.69) is 49.5 Å². The molecule has 0 aromatic heterocycles. The van der Waals surface area contributed by atoms with Crippen LogP contribution in [0.3, 0.4) is 0 Å². The highest BCUT2D eigenvalue weighted by Crippen LogP contribution is 2.14. The highest BCUT2D eigenvalue weighted by molar-refractivity contribution is 5.76. The monoisotopic (exact) mass is 732 g/mol. The fourth-order valence-electron chi connectivity index (χ4n) is 6.44. The molecular weight excluding hydrogens is 647 g/mol. The molecule has 0 rings (SSSR count). The smallest absolute Gasteiger partial charge is 0.305 e. The molecule has 52 heavy (non-hydrogen) atoms. The van der Waals surface area contributed by atoms with Gasteiger partial charge in [0.05, 0.1) is 25.4 Å². The Morgan fingerprint density at radius 2 is 0.981 bits per heavy atom. The first-order chi connectivity index (χ1) is 25.5. The number of aliphatic hydroxyl groups is 2. The minimum Gasteiger partial charge on any atom is -0.466 e. The lowest BCUT2D eigenvalue weighted by atomic mass is 10.0. The lowest BCUT2D eigenvalue weighted by Crippen LogP contribution is -2.45. The second-order valence-corrected chi connectivity index (χ2v) is 15.0. The van der Waals surface area contributed by atoms with Crippen molar-refractivity contribution in [2.45, 2.75) is 231 Å². The van der Waals surface area contributed by atoms with Crippen molar-refractivity contribution < 1.29 is 24.5 Å². The van der Waals surface area contributed by atoms with Crippen molar-refractivity contribution in [2.75, 3.05) is 13.2 Å². The summed E-state index contributed by atoms with van der Waals surface area (Å²) >= 11 is 0. The van der Waals surface area contributed by atoms with Crippen LogP contribution in [0.5, 0.6) is 0 Å². The normalized spacial score (nSPS) is 13.1. The highest BCUT2D eigenvalue weighted by Gasteiger charge is 2.19. The van der Waals surface area contributed by atoms with Crippen molar-refractivity contribution in [1.82, 2.24) is 5.32 Å². The first kappa shape index (κ1) is 50.1. The largest absolute Gasteiger partial charge is 0.466 e. The van der Waals surface area contributed by atoms with Gasteiger partial charge in [0.25, 0.3) is 0 Å². The van der Waals surface area contributed by atoms with E-state index in [1.54, 1.807) is 0 Å². The summed E-state index contributed by atoms with van der Waals surface area (Å²) in [5.41, 5.74) is 0. The van der Waals surface area contributed by atoms with Gasteiger partial charge in [0, 0.05) is 12.8 Å². The molecule has 0 aliphatic heterocycles. The summed E-state index contributed by atoms with van der Waals surface area (Å²) in [5, 5.41) is 22.9. The summed E-state index contributed by atoms with van der Waals surface area (Å²) in [6.07, 6.45) is 48.3. The maximum atomic E-state index is 12.3. The summed E-state index contributed by atoms with van der Waals surface area (Å²) < 4.78 is 5.43. The number of carbonyl (C=O) groups is 2. The molecule has 2 unspecified atom stereocenters. The van der Waals surface area contributed by atoms with Crippen LogP contribution in [0.15, 0.2) is 36.5 Å². The van der Waals surface area contributed by atoms with Crippen LogP contribution in [0, 0.1) is 0 Å². The quantitative estimate of drug-likeness (QED) is 0.0331. The summed E-state index contributed by atoms with van der Waals surface area (Å²) in [6.45, 7) is 4.82. The number of allylic oxidation sites excluding steroid dienone is 6. The zero-order valence-corrected chi connectivity index (χ0v) is 34.3. The number of hydrogen-bond donors (Lipinski definition) is 3. The van der Waals surface area contributed by atoms with Gasteiger partial charge in [0.2, 0.25) is 5.91 Å². The molecule has 0 bridgehead atoms. The summed E-state index contributed by atoms with van der Waals surface area (Å²) in [7, 11) is 0. The number of rotatable bonds is 40. The Labute approximate surface area is 322 Å². The van der Waals surface area contributed by atoms with Gasteiger partial charge in [0.1, 0.15) is 0 Å². The van der Waals surface area contributed by atoms with E-state index >= 15 is 0 Å². The van der Waals surface area contributed by atoms with E-state index in [1.165, 1.54) is 128 Å². The second kappa shape index (κ2) is 41.8. The topological polar surface area (TPSA) is 95.9 Å². The predicted octanol–water partition coefficient (Wildman–Crippen LogP) is 12.6. The Morgan fingerprint density at radius 1 is 0.538 bits per heavy atom. The maximum absolute atomic E-state index is 12.3. The van der Waals surface area contributed by atoms with Crippen molar-refractivity contribution in [1.29, 1.82) is 0 Å². The Hall–Kier alpha value is -1.92. The lowest BCUT2D eigenvalue weighted by Gasteiger charge is -2.22. The Bertz CT molecular complexity index is 854. The van der Waals surface area contributed by atoms with Crippen molar-refractivity contribution in [2.24, 2.45) is 0 Å². The summed E-state index contributed by atoms with van der Waals surface area (Å²) in [4.78, 5) is 24.3. The molecule has 6 nitrogen and oxygen atoms in total. The zero-order chi connectivity index (χ0) is 38.0. The van der Waals surface area contributed by atoms with Crippen LogP contribution in [0.1, 0.15) is 219 Å². The third kappa shape index (κ3) is 37.8. The molecule has 0 saturated heterocycles. The number of nitrogens with one attached hydrogen (secondary N) is 1. The molecule has 0 aliphatic rings. The Balaban J connectivity index is 3.56. The van der Waals surface area contributed by atoms with Crippen molar-refractivity contribution in [3.05, 3.63) is 36.5 Å².